The van der Waals surface area contributed by atoms with E-state index in [9.17, 15) is 9.59 Å². The van der Waals surface area contributed by atoms with Gasteiger partial charge in [-0.25, -0.2) is 0 Å². The Hall–Kier alpha value is -1.16. The van der Waals surface area contributed by atoms with Crippen LogP contribution in [0.5, 0.6) is 0 Å². The van der Waals surface area contributed by atoms with Crippen LogP contribution in [0.4, 0.5) is 0 Å². The van der Waals surface area contributed by atoms with Crippen molar-refractivity contribution in [2.75, 3.05) is 13.1 Å². The molecular formula is C13H20N2O2. The van der Waals surface area contributed by atoms with E-state index in [2.05, 4.69) is 13.5 Å². The van der Waals surface area contributed by atoms with Gasteiger partial charge in [0.1, 0.15) is 0 Å². The van der Waals surface area contributed by atoms with Crippen LogP contribution in [0.3, 0.4) is 0 Å². The summed E-state index contributed by atoms with van der Waals surface area (Å²) in [6.07, 6.45) is 2.80. The summed E-state index contributed by atoms with van der Waals surface area (Å²) in [6, 6.07) is 0. The second-order valence-corrected chi connectivity index (χ2v) is 5.18. The molecule has 2 atom stereocenters. The molecule has 0 bridgehead atoms. The lowest BCUT2D eigenvalue weighted by atomic mass is 10.00. The van der Waals surface area contributed by atoms with Crippen molar-refractivity contribution in [2.45, 2.75) is 26.2 Å². The predicted molar refractivity (Wildman–Crippen MR) is 64.9 cm³/mol. The summed E-state index contributed by atoms with van der Waals surface area (Å²) >= 11 is 0. The molecule has 2 rings (SSSR count). The Morgan fingerprint density at radius 2 is 1.88 bits per heavy atom. The van der Waals surface area contributed by atoms with Crippen molar-refractivity contribution in [3.8, 4) is 0 Å². The van der Waals surface area contributed by atoms with E-state index in [1.54, 1.807) is 0 Å². The van der Waals surface area contributed by atoms with Crippen LogP contribution >= 0.6 is 0 Å². The smallest absolute Gasteiger partial charge is 0.233 e. The van der Waals surface area contributed by atoms with E-state index in [1.807, 2.05) is 0 Å². The van der Waals surface area contributed by atoms with Gasteiger partial charge in [0, 0.05) is 6.54 Å². The maximum atomic E-state index is 12.1. The Morgan fingerprint density at radius 1 is 1.35 bits per heavy atom. The standard InChI is InChI=1S/C13H20N2O2/c1-3-9-4-10-11(5-9)13(17)15(12(10)16)7-8(2)6-14/h9-11H,2-7,14H2,1H3. The van der Waals surface area contributed by atoms with E-state index in [4.69, 9.17) is 5.73 Å². The third-order valence-electron chi connectivity index (χ3n) is 4.07. The average molecular weight is 236 g/mol. The van der Waals surface area contributed by atoms with Gasteiger partial charge in [0.25, 0.3) is 0 Å². The molecule has 94 valence electrons. The molecule has 0 aromatic heterocycles. The van der Waals surface area contributed by atoms with Crippen LogP contribution in [0.15, 0.2) is 12.2 Å². The maximum Gasteiger partial charge on any atom is 0.233 e. The van der Waals surface area contributed by atoms with Crippen LogP contribution in [0.25, 0.3) is 0 Å². The average Bonchev–Trinajstić information content (AvgIpc) is 2.85. The maximum absolute atomic E-state index is 12.1. The molecule has 2 amide bonds. The molecule has 1 heterocycles. The Morgan fingerprint density at radius 3 is 2.29 bits per heavy atom. The number of likely N-dealkylation sites (tertiary alicyclic amines) is 1. The normalized spacial score (nSPS) is 32.1. The van der Waals surface area contributed by atoms with Gasteiger partial charge in [0.05, 0.1) is 18.4 Å². The Bertz CT molecular complexity index is 340. The third-order valence-corrected chi connectivity index (χ3v) is 4.07. The molecule has 2 fully saturated rings. The lowest BCUT2D eigenvalue weighted by Crippen LogP contribution is -2.35. The zero-order valence-electron chi connectivity index (χ0n) is 10.3. The second kappa shape index (κ2) is 4.61. The van der Waals surface area contributed by atoms with Crippen molar-refractivity contribution in [3.05, 3.63) is 12.2 Å². The van der Waals surface area contributed by atoms with E-state index < -0.39 is 0 Å². The molecule has 2 unspecified atom stereocenters. The summed E-state index contributed by atoms with van der Waals surface area (Å²) in [7, 11) is 0. The fourth-order valence-corrected chi connectivity index (χ4v) is 2.98. The summed E-state index contributed by atoms with van der Waals surface area (Å²) in [5.74, 6) is 0.380. The molecule has 1 aliphatic carbocycles. The van der Waals surface area contributed by atoms with Crippen molar-refractivity contribution >= 4 is 11.8 Å². The lowest BCUT2D eigenvalue weighted by molar-refractivity contribution is -0.140. The molecular weight excluding hydrogens is 216 g/mol. The molecule has 17 heavy (non-hydrogen) atoms. The van der Waals surface area contributed by atoms with E-state index in [1.165, 1.54) is 4.90 Å². The SMILES string of the molecule is C=C(CN)CN1C(=O)C2CC(CC)CC2C1=O. The van der Waals surface area contributed by atoms with Crippen LogP contribution in [-0.4, -0.2) is 29.8 Å². The first-order chi connectivity index (χ1) is 8.08. The van der Waals surface area contributed by atoms with E-state index in [0.29, 0.717) is 19.0 Å². The zero-order valence-corrected chi connectivity index (χ0v) is 10.3. The van der Waals surface area contributed by atoms with Crippen LogP contribution in [0, 0.1) is 17.8 Å². The summed E-state index contributed by atoms with van der Waals surface area (Å²) in [5.41, 5.74) is 6.19. The highest BCUT2D eigenvalue weighted by atomic mass is 16.2. The fraction of sp³-hybridized carbons (Fsp3) is 0.692. The predicted octanol–water partition coefficient (Wildman–Crippen LogP) is 0.922. The molecule has 0 aromatic carbocycles. The number of carbonyl (C=O) groups excluding carboxylic acids is 2. The number of rotatable bonds is 4. The van der Waals surface area contributed by atoms with Crippen molar-refractivity contribution in [3.63, 3.8) is 0 Å². The minimum absolute atomic E-state index is 0.00875. The monoisotopic (exact) mass is 236 g/mol. The summed E-state index contributed by atoms with van der Waals surface area (Å²) in [6.45, 7) is 6.51. The van der Waals surface area contributed by atoms with Gasteiger partial charge in [0.2, 0.25) is 11.8 Å². The molecule has 2 N–H and O–H groups in total. The van der Waals surface area contributed by atoms with E-state index >= 15 is 0 Å². The van der Waals surface area contributed by atoms with Crippen LogP contribution in [0.2, 0.25) is 0 Å². The molecule has 0 radical (unpaired) electrons. The molecule has 0 spiro atoms. The number of nitrogens with two attached hydrogens (primary N) is 1. The highest BCUT2D eigenvalue weighted by Gasteiger charge is 2.51. The first-order valence-corrected chi connectivity index (χ1v) is 6.30. The number of hydrogen-bond donors (Lipinski definition) is 1. The summed E-state index contributed by atoms with van der Waals surface area (Å²) in [5, 5.41) is 0. The molecule has 0 aromatic rings. The molecule has 1 saturated heterocycles. The van der Waals surface area contributed by atoms with Gasteiger partial charge in [-0.05, 0) is 24.3 Å². The topological polar surface area (TPSA) is 63.4 Å². The Labute approximate surface area is 102 Å². The highest BCUT2D eigenvalue weighted by Crippen LogP contribution is 2.44. The highest BCUT2D eigenvalue weighted by molar-refractivity contribution is 6.05. The van der Waals surface area contributed by atoms with Crippen molar-refractivity contribution in [1.29, 1.82) is 0 Å². The van der Waals surface area contributed by atoms with Gasteiger partial charge in [-0.3, -0.25) is 14.5 Å². The number of imide groups is 1. The first-order valence-electron chi connectivity index (χ1n) is 6.30. The summed E-state index contributed by atoms with van der Waals surface area (Å²) in [4.78, 5) is 25.6. The van der Waals surface area contributed by atoms with Gasteiger partial charge in [-0.15, -0.1) is 0 Å². The number of nitrogens with zero attached hydrogens (tertiary/aromatic N) is 1. The van der Waals surface area contributed by atoms with E-state index in [0.717, 1.165) is 24.8 Å². The molecule has 4 heteroatoms. The van der Waals surface area contributed by atoms with Gasteiger partial charge in [-0.2, -0.15) is 0 Å². The molecule has 4 nitrogen and oxygen atoms in total. The van der Waals surface area contributed by atoms with Gasteiger partial charge in [-0.1, -0.05) is 19.9 Å². The second-order valence-electron chi connectivity index (χ2n) is 5.18. The van der Waals surface area contributed by atoms with Crippen molar-refractivity contribution in [1.82, 2.24) is 4.90 Å². The van der Waals surface area contributed by atoms with Crippen molar-refractivity contribution < 1.29 is 9.59 Å². The molecule has 2 aliphatic rings. The molecule has 1 saturated carbocycles. The van der Waals surface area contributed by atoms with Crippen molar-refractivity contribution in [2.24, 2.45) is 23.5 Å². The summed E-state index contributed by atoms with van der Waals surface area (Å²) < 4.78 is 0. The zero-order chi connectivity index (χ0) is 12.6. The number of carbonyl (C=O) groups is 2. The van der Waals surface area contributed by atoms with E-state index in [-0.39, 0.29) is 23.7 Å². The number of fused-ring (bicyclic) bond motifs is 1. The largest absolute Gasteiger partial charge is 0.327 e. The van der Waals surface area contributed by atoms with Gasteiger partial charge in [0.15, 0.2) is 0 Å². The van der Waals surface area contributed by atoms with Gasteiger partial charge < -0.3 is 5.73 Å². The lowest BCUT2D eigenvalue weighted by Gasteiger charge is -2.18. The van der Waals surface area contributed by atoms with Crippen LogP contribution < -0.4 is 5.73 Å². The van der Waals surface area contributed by atoms with Crippen LogP contribution in [-0.2, 0) is 9.59 Å². The number of hydrogen-bond acceptors (Lipinski definition) is 3. The fourth-order valence-electron chi connectivity index (χ4n) is 2.98. The quantitative estimate of drug-likeness (QED) is 0.583. The van der Waals surface area contributed by atoms with Gasteiger partial charge >= 0.3 is 0 Å². The molecule has 1 aliphatic heterocycles. The van der Waals surface area contributed by atoms with Crippen LogP contribution in [0.1, 0.15) is 26.2 Å². The number of amides is 2. The third kappa shape index (κ3) is 2.02. The minimum atomic E-state index is -0.0713. The Balaban J connectivity index is 2.08. The Kier molecular flexibility index (Phi) is 3.33. The minimum Gasteiger partial charge on any atom is -0.327 e. The first kappa shape index (κ1) is 12.3.